The van der Waals surface area contributed by atoms with Crippen LogP contribution in [-0.4, -0.2) is 27.3 Å². The van der Waals surface area contributed by atoms with Crippen LogP contribution in [0.1, 0.15) is 5.56 Å². The number of ether oxygens (including phenoxy) is 1. The first kappa shape index (κ1) is 16.7. The molecule has 25 heavy (non-hydrogen) atoms. The van der Waals surface area contributed by atoms with Crippen molar-refractivity contribution in [3.8, 4) is 5.75 Å². The maximum absolute atomic E-state index is 12.5. The molecule has 2 aromatic heterocycles. The van der Waals surface area contributed by atoms with Crippen LogP contribution in [0.2, 0.25) is 0 Å². The number of hydrogen-bond donors (Lipinski definition) is 1. The van der Waals surface area contributed by atoms with Crippen LogP contribution in [0.25, 0.3) is 10.9 Å². The second-order valence-corrected chi connectivity index (χ2v) is 5.25. The molecule has 0 saturated carbocycles. The molecule has 0 aliphatic carbocycles. The minimum absolute atomic E-state index is 0.140. The number of nitrogens with one attached hydrogen (secondary N) is 1. The van der Waals surface area contributed by atoms with Gasteiger partial charge >= 0.3 is 11.9 Å². The van der Waals surface area contributed by atoms with Gasteiger partial charge in [-0.25, -0.2) is 4.79 Å². The number of halogens is 3. The molecule has 0 spiro atoms. The molecule has 3 rings (SSSR count). The monoisotopic (exact) mass is 351 g/mol. The van der Waals surface area contributed by atoms with Gasteiger partial charge in [0.2, 0.25) is 0 Å². The number of aromatic amines is 1. The molecule has 9 heteroatoms. The molecule has 3 aromatic rings. The smallest absolute Gasteiger partial charge is 0.422 e. The van der Waals surface area contributed by atoms with Crippen molar-refractivity contribution in [2.45, 2.75) is 12.7 Å². The third-order valence-electron chi connectivity index (χ3n) is 3.48. The van der Waals surface area contributed by atoms with E-state index >= 15 is 0 Å². The van der Waals surface area contributed by atoms with Crippen LogP contribution in [0, 0.1) is 0 Å². The molecule has 130 valence electrons. The SMILES string of the molecule is O=c1[nH]c2ccccc2c(=O)n1Cc1ccncc1OCC(F)(F)F. The van der Waals surface area contributed by atoms with Crippen LogP contribution in [-0.2, 0) is 6.54 Å². The number of aromatic nitrogens is 3. The summed E-state index contributed by atoms with van der Waals surface area (Å²) in [6, 6.07) is 7.86. The van der Waals surface area contributed by atoms with E-state index < -0.39 is 24.0 Å². The van der Waals surface area contributed by atoms with Crippen LogP contribution < -0.4 is 16.0 Å². The second-order valence-electron chi connectivity index (χ2n) is 5.25. The van der Waals surface area contributed by atoms with Gasteiger partial charge in [0.1, 0.15) is 5.75 Å². The van der Waals surface area contributed by atoms with Gasteiger partial charge in [0.25, 0.3) is 5.56 Å². The fourth-order valence-electron chi connectivity index (χ4n) is 2.34. The molecule has 0 atom stereocenters. The summed E-state index contributed by atoms with van der Waals surface area (Å²) in [5, 5.41) is 0.300. The lowest BCUT2D eigenvalue weighted by Crippen LogP contribution is -2.35. The average Bonchev–Trinajstić information content (AvgIpc) is 2.57. The van der Waals surface area contributed by atoms with E-state index in [9.17, 15) is 22.8 Å². The number of nitrogens with zero attached hydrogens (tertiary/aromatic N) is 2. The summed E-state index contributed by atoms with van der Waals surface area (Å²) in [6.07, 6.45) is -2.05. The van der Waals surface area contributed by atoms with Crippen LogP contribution in [0.3, 0.4) is 0 Å². The van der Waals surface area contributed by atoms with Gasteiger partial charge in [0.15, 0.2) is 6.61 Å². The summed E-state index contributed by atoms with van der Waals surface area (Å²) in [7, 11) is 0. The zero-order chi connectivity index (χ0) is 18.0. The van der Waals surface area contributed by atoms with E-state index in [1.54, 1.807) is 24.3 Å². The van der Waals surface area contributed by atoms with Gasteiger partial charge in [-0.05, 0) is 18.2 Å². The normalized spacial score (nSPS) is 11.6. The molecule has 2 heterocycles. The van der Waals surface area contributed by atoms with Gasteiger partial charge in [0.05, 0.1) is 23.6 Å². The summed E-state index contributed by atoms with van der Waals surface area (Å²) in [5.41, 5.74) is -0.584. The van der Waals surface area contributed by atoms with Crippen LogP contribution in [0.5, 0.6) is 5.75 Å². The van der Waals surface area contributed by atoms with Crippen molar-refractivity contribution in [1.29, 1.82) is 0 Å². The molecule has 0 saturated heterocycles. The predicted molar refractivity (Wildman–Crippen MR) is 83.7 cm³/mol. The number of benzene rings is 1. The quantitative estimate of drug-likeness (QED) is 0.781. The molecule has 1 aromatic carbocycles. The molecule has 0 fully saturated rings. The number of H-pyrrole nitrogens is 1. The largest absolute Gasteiger partial charge is 0.482 e. The maximum Gasteiger partial charge on any atom is 0.422 e. The Labute approximate surface area is 138 Å². The molecule has 0 amide bonds. The average molecular weight is 351 g/mol. The van der Waals surface area contributed by atoms with E-state index in [1.165, 1.54) is 12.3 Å². The van der Waals surface area contributed by atoms with Crippen molar-refractivity contribution in [1.82, 2.24) is 14.5 Å². The Morgan fingerprint density at radius 1 is 1.16 bits per heavy atom. The second kappa shape index (κ2) is 6.42. The van der Waals surface area contributed by atoms with E-state index in [4.69, 9.17) is 4.74 Å². The summed E-state index contributed by atoms with van der Waals surface area (Å²) in [5.74, 6) is -0.140. The lowest BCUT2D eigenvalue weighted by molar-refractivity contribution is -0.153. The van der Waals surface area contributed by atoms with Crippen LogP contribution in [0.4, 0.5) is 13.2 Å². The first-order valence-electron chi connectivity index (χ1n) is 7.19. The Morgan fingerprint density at radius 3 is 2.68 bits per heavy atom. The van der Waals surface area contributed by atoms with Gasteiger partial charge in [-0.1, -0.05) is 12.1 Å². The highest BCUT2D eigenvalue weighted by molar-refractivity contribution is 5.76. The summed E-state index contributed by atoms with van der Waals surface area (Å²) in [4.78, 5) is 30.9. The molecular weight excluding hydrogens is 339 g/mol. The Balaban J connectivity index is 2.00. The van der Waals surface area contributed by atoms with E-state index in [0.29, 0.717) is 10.9 Å². The Bertz CT molecular complexity index is 1020. The van der Waals surface area contributed by atoms with Crippen molar-refractivity contribution in [3.05, 3.63) is 69.1 Å². The molecular formula is C16H12F3N3O3. The van der Waals surface area contributed by atoms with Gasteiger partial charge in [0, 0.05) is 11.8 Å². The zero-order valence-corrected chi connectivity index (χ0v) is 12.7. The molecule has 0 bridgehead atoms. The fraction of sp³-hybridized carbons (Fsp3) is 0.188. The van der Waals surface area contributed by atoms with E-state index in [1.807, 2.05) is 0 Å². The number of hydrogen-bond acceptors (Lipinski definition) is 4. The number of rotatable bonds is 4. The molecule has 0 unspecified atom stereocenters. The maximum atomic E-state index is 12.5. The fourth-order valence-corrected chi connectivity index (χ4v) is 2.34. The van der Waals surface area contributed by atoms with Crippen molar-refractivity contribution < 1.29 is 17.9 Å². The van der Waals surface area contributed by atoms with Crippen molar-refractivity contribution >= 4 is 10.9 Å². The number of para-hydroxylation sites is 1. The van der Waals surface area contributed by atoms with Gasteiger partial charge in [-0.2, -0.15) is 13.2 Å². The van der Waals surface area contributed by atoms with Gasteiger partial charge in [-0.15, -0.1) is 0 Å². The van der Waals surface area contributed by atoms with E-state index in [-0.39, 0.29) is 17.9 Å². The Kier molecular flexibility index (Phi) is 4.30. The lowest BCUT2D eigenvalue weighted by atomic mass is 10.2. The molecule has 0 aliphatic rings. The third kappa shape index (κ3) is 3.70. The molecule has 6 nitrogen and oxygen atoms in total. The van der Waals surface area contributed by atoms with Crippen molar-refractivity contribution in [2.24, 2.45) is 0 Å². The van der Waals surface area contributed by atoms with Crippen LogP contribution >= 0.6 is 0 Å². The summed E-state index contributed by atoms with van der Waals surface area (Å²) in [6.45, 7) is -1.73. The zero-order valence-electron chi connectivity index (χ0n) is 12.7. The molecule has 1 N–H and O–H groups in total. The Hall–Kier alpha value is -3.10. The number of fused-ring (bicyclic) bond motifs is 1. The first-order valence-corrected chi connectivity index (χ1v) is 7.19. The highest BCUT2D eigenvalue weighted by Crippen LogP contribution is 2.21. The van der Waals surface area contributed by atoms with Gasteiger partial charge < -0.3 is 9.72 Å². The standard InChI is InChI=1S/C16H12F3N3O3/c17-16(18,19)9-25-13-7-20-6-5-10(13)8-22-14(23)11-3-1-2-4-12(11)21-15(22)24/h1-7H,8-9H2,(H,21,24). The Morgan fingerprint density at radius 2 is 1.92 bits per heavy atom. The predicted octanol–water partition coefficient (Wildman–Crippen LogP) is 2.07. The highest BCUT2D eigenvalue weighted by Gasteiger charge is 2.29. The minimum Gasteiger partial charge on any atom is -0.482 e. The topological polar surface area (TPSA) is 77.0 Å². The highest BCUT2D eigenvalue weighted by atomic mass is 19.4. The molecule has 0 aliphatic heterocycles. The first-order chi connectivity index (χ1) is 11.8. The van der Waals surface area contributed by atoms with Crippen molar-refractivity contribution in [2.75, 3.05) is 6.61 Å². The summed E-state index contributed by atoms with van der Waals surface area (Å²) >= 11 is 0. The minimum atomic E-state index is -4.51. The van der Waals surface area contributed by atoms with E-state index in [0.717, 1.165) is 10.8 Å². The number of pyridine rings is 1. The lowest BCUT2D eigenvalue weighted by Gasteiger charge is -2.13. The van der Waals surface area contributed by atoms with Gasteiger partial charge in [-0.3, -0.25) is 14.3 Å². The number of alkyl halides is 3. The summed E-state index contributed by atoms with van der Waals surface area (Å²) < 4.78 is 42.7. The molecule has 0 radical (unpaired) electrons. The third-order valence-corrected chi connectivity index (χ3v) is 3.48. The van der Waals surface area contributed by atoms with Crippen molar-refractivity contribution in [3.63, 3.8) is 0 Å². The van der Waals surface area contributed by atoms with E-state index in [2.05, 4.69) is 9.97 Å². The van der Waals surface area contributed by atoms with Crippen LogP contribution in [0.15, 0.2) is 52.3 Å².